The molecule has 1 heterocycles. The van der Waals surface area contributed by atoms with Crippen LogP contribution in [0.5, 0.6) is 5.75 Å². The molecule has 3 nitrogen and oxygen atoms in total. The predicted molar refractivity (Wildman–Crippen MR) is 90.5 cm³/mol. The Kier molecular flexibility index (Phi) is 3.65. The largest absolute Gasteiger partial charge is 0.483 e. The van der Waals surface area contributed by atoms with Crippen LogP contribution in [-0.2, 0) is 0 Å². The summed E-state index contributed by atoms with van der Waals surface area (Å²) < 4.78 is 6.06. The number of H-pyrrole nitrogens is 1. The van der Waals surface area contributed by atoms with Crippen LogP contribution < -0.4 is 4.74 Å². The van der Waals surface area contributed by atoms with E-state index in [0.717, 1.165) is 22.6 Å². The lowest BCUT2D eigenvalue weighted by Gasteiger charge is -2.13. The molecule has 0 saturated heterocycles. The third-order valence-electron chi connectivity index (χ3n) is 4.01. The molecule has 0 aliphatic heterocycles. The summed E-state index contributed by atoms with van der Waals surface area (Å²) in [5.41, 5.74) is 7.00. The van der Waals surface area contributed by atoms with E-state index in [1.807, 2.05) is 6.92 Å². The van der Waals surface area contributed by atoms with E-state index in [-0.39, 0.29) is 6.10 Å². The topological polar surface area (TPSA) is 37.9 Å². The molecule has 0 fully saturated rings. The molecule has 1 aromatic heterocycles. The van der Waals surface area contributed by atoms with Crippen LogP contribution >= 0.6 is 0 Å². The van der Waals surface area contributed by atoms with Crippen molar-refractivity contribution in [3.63, 3.8) is 0 Å². The molecule has 0 radical (unpaired) electrons. The normalized spacial score (nSPS) is 12.6. The van der Waals surface area contributed by atoms with Crippen molar-refractivity contribution in [3.05, 3.63) is 58.4 Å². The number of benzene rings is 2. The summed E-state index contributed by atoms with van der Waals surface area (Å²) in [4.78, 5) is 8.05. The van der Waals surface area contributed by atoms with Crippen LogP contribution in [0.25, 0.3) is 11.0 Å². The van der Waals surface area contributed by atoms with Crippen LogP contribution in [0.3, 0.4) is 0 Å². The maximum atomic E-state index is 6.06. The van der Waals surface area contributed by atoms with Gasteiger partial charge in [0.25, 0.3) is 0 Å². The first-order valence-corrected chi connectivity index (χ1v) is 7.64. The van der Waals surface area contributed by atoms with Crippen LogP contribution in [0.15, 0.2) is 30.3 Å². The number of hydrogen-bond donors (Lipinski definition) is 1. The van der Waals surface area contributed by atoms with Gasteiger partial charge in [-0.3, -0.25) is 0 Å². The Bertz CT molecular complexity index is 774. The smallest absolute Gasteiger partial charge is 0.153 e. The molecule has 114 valence electrons. The van der Waals surface area contributed by atoms with E-state index < -0.39 is 0 Å². The lowest BCUT2D eigenvalue weighted by molar-refractivity contribution is 0.218. The summed E-state index contributed by atoms with van der Waals surface area (Å²) in [6.07, 6.45) is -0.116. The monoisotopic (exact) mass is 294 g/mol. The molecule has 0 aliphatic carbocycles. The lowest BCUT2D eigenvalue weighted by Crippen LogP contribution is -2.05. The lowest BCUT2D eigenvalue weighted by atomic mass is 10.1. The standard InChI is InChI=1S/C19H22N2O/c1-11-6-12(2)8-16(7-11)22-15(5)19-20-17-9-13(3)14(4)10-18(17)21-19/h6-10,15H,1-5H3,(H,20,21)/t15-/m0/s1. The fourth-order valence-corrected chi connectivity index (χ4v) is 2.74. The molecule has 0 saturated carbocycles. The summed E-state index contributed by atoms with van der Waals surface area (Å²) in [6, 6.07) is 10.5. The Morgan fingerprint density at radius 2 is 1.55 bits per heavy atom. The average Bonchev–Trinajstić information content (AvgIpc) is 2.81. The minimum atomic E-state index is -0.116. The Hall–Kier alpha value is -2.29. The van der Waals surface area contributed by atoms with Gasteiger partial charge in [0.15, 0.2) is 6.10 Å². The number of nitrogens with zero attached hydrogens (tertiary/aromatic N) is 1. The van der Waals surface area contributed by atoms with E-state index in [1.165, 1.54) is 22.3 Å². The van der Waals surface area contributed by atoms with Crippen LogP contribution in [0.1, 0.15) is 41.1 Å². The van der Waals surface area contributed by atoms with E-state index in [0.29, 0.717) is 0 Å². The molecule has 0 bridgehead atoms. The second-order valence-electron chi connectivity index (χ2n) is 6.16. The van der Waals surface area contributed by atoms with Crippen molar-refractivity contribution in [3.8, 4) is 5.75 Å². The number of aryl methyl sites for hydroxylation is 4. The maximum Gasteiger partial charge on any atom is 0.153 e. The Morgan fingerprint density at radius 3 is 2.23 bits per heavy atom. The second kappa shape index (κ2) is 5.48. The van der Waals surface area contributed by atoms with Crippen molar-refractivity contribution >= 4 is 11.0 Å². The van der Waals surface area contributed by atoms with E-state index in [4.69, 9.17) is 4.74 Å². The zero-order valence-corrected chi connectivity index (χ0v) is 13.8. The van der Waals surface area contributed by atoms with Crippen molar-refractivity contribution < 1.29 is 4.74 Å². The van der Waals surface area contributed by atoms with E-state index in [9.17, 15) is 0 Å². The van der Waals surface area contributed by atoms with Crippen LogP contribution in [0, 0.1) is 27.7 Å². The Morgan fingerprint density at radius 1 is 0.909 bits per heavy atom. The summed E-state index contributed by atoms with van der Waals surface area (Å²) in [5, 5.41) is 0. The third kappa shape index (κ3) is 2.84. The van der Waals surface area contributed by atoms with Gasteiger partial charge in [-0.2, -0.15) is 0 Å². The van der Waals surface area contributed by atoms with Crippen LogP contribution in [-0.4, -0.2) is 9.97 Å². The van der Waals surface area contributed by atoms with Crippen LogP contribution in [0.4, 0.5) is 0 Å². The molecule has 0 spiro atoms. The first kappa shape index (κ1) is 14.6. The number of ether oxygens (including phenoxy) is 1. The van der Waals surface area contributed by atoms with Gasteiger partial charge >= 0.3 is 0 Å². The van der Waals surface area contributed by atoms with Crippen LogP contribution in [0.2, 0.25) is 0 Å². The summed E-state index contributed by atoms with van der Waals surface area (Å²) >= 11 is 0. The highest BCUT2D eigenvalue weighted by Gasteiger charge is 2.13. The quantitative estimate of drug-likeness (QED) is 0.743. The molecular weight excluding hydrogens is 272 g/mol. The highest BCUT2D eigenvalue weighted by molar-refractivity contribution is 5.77. The number of hydrogen-bond acceptors (Lipinski definition) is 2. The number of nitrogens with one attached hydrogen (secondary N) is 1. The Balaban J connectivity index is 1.90. The molecule has 0 unspecified atom stereocenters. The number of imidazole rings is 1. The van der Waals surface area contributed by atoms with Gasteiger partial charge in [-0.25, -0.2) is 4.98 Å². The molecule has 0 amide bonds. The first-order chi connectivity index (χ1) is 10.4. The van der Waals surface area contributed by atoms with Crippen molar-refractivity contribution in [2.45, 2.75) is 40.7 Å². The zero-order valence-electron chi connectivity index (χ0n) is 13.8. The van der Waals surface area contributed by atoms with E-state index in [1.54, 1.807) is 0 Å². The number of aromatic nitrogens is 2. The van der Waals surface area contributed by atoms with Gasteiger partial charge < -0.3 is 9.72 Å². The molecule has 3 heteroatoms. The molecule has 1 atom stereocenters. The van der Waals surface area contributed by atoms with Gasteiger partial charge in [-0.05, 0) is 81.1 Å². The van der Waals surface area contributed by atoms with Gasteiger partial charge in [0.05, 0.1) is 11.0 Å². The molecule has 3 rings (SSSR count). The van der Waals surface area contributed by atoms with Crippen molar-refractivity contribution in [1.82, 2.24) is 9.97 Å². The fourth-order valence-electron chi connectivity index (χ4n) is 2.74. The number of rotatable bonds is 3. The molecule has 3 aromatic rings. The molecule has 0 aliphatic rings. The van der Waals surface area contributed by atoms with Gasteiger partial charge in [-0.15, -0.1) is 0 Å². The van der Waals surface area contributed by atoms with E-state index in [2.05, 4.69) is 68.0 Å². The van der Waals surface area contributed by atoms with Crippen molar-refractivity contribution in [2.75, 3.05) is 0 Å². The highest BCUT2D eigenvalue weighted by Crippen LogP contribution is 2.25. The van der Waals surface area contributed by atoms with Gasteiger partial charge in [0.2, 0.25) is 0 Å². The molecule has 22 heavy (non-hydrogen) atoms. The summed E-state index contributed by atoms with van der Waals surface area (Å²) in [6.45, 7) is 10.4. The second-order valence-corrected chi connectivity index (χ2v) is 6.16. The Labute approximate surface area is 131 Å². The maximum absolute atomic E-state index is 6.06. The highest BCUT2D eigenvalue weighted by atomic mass is 16.5. The summed E-state index contributed by atoms with van der Waals surface area (Å²) in [7, 11) is 0. The third-order valence-corrected chi connectivity index (χ3v) is 4.01. The minimum absolute atomic E-state index is 0.116. The number of fused-ring (bicyclic) bond motifs is 1. The van der Waals surface area contributed by atoms with Gasteiger partial charge in [0.1, 0.15) is 11.6 Å². The van der Waals surface area contributed by atoms with Crippen molar-refractivity contribution in [1.29, 1.82) is 0 Å². The predicted octanol–water partition coefficient (Wildman–Crippen LogP) is 4.94. The zero-order chi connectivity index (χ0) is 15.9. The van der Waals surface area contributed by atoms with Crippen molar-refractivity contribution in [2.24, 2.45) is 0 Å². The first-order valence-electron chi connectivity index (χ1n) is 7.64. The number of aromatic amines is 1. The van der Waals surface area contributed by atoms with E-state index >= 15 is 0 Å². The summed E-state index contributed by atoms with van der Waals surface area (Å²) in [5.74, 6) is 1.75. The van der Waals surface area contributed by atoms with Gasteiger partial charge in [-0.1, -0.05) is 6.07 Å². The molecule has 2 aromatic carbocycles. The SMILES string of the molecule is Cc1cc(C)cc(O[C@@H](C)c2nc3cc(C)c(C)cc3[nH]2)c1. The van der Waals surface area contributed by atoms with Gasteiger partial charge in [0, 0.05) is 0 Å². The molecule has 1 N–H and O–H groups in total. The minimum Gasteiger partial charge on any atom is -0.483 e. The molecular formula is C19H22N2O. The average molecular weight is 294 g/mol. The fraction of sp³-hybridized carbons (Fsp3) is 0.316.